The molecule has 0 saturated carbocycles. The quantitative estimate of drug-likeness (QED) is 0.671. The summed E-state index contributed by atoms with van der Waals surface area (Å²) in [5.74, 6) is 0.918. The third-order valence-electron chi connectivity index (χ3n) is 3.44. The molecule has 100 valence electrons. The van der Waals surface area contributed by atoms with Crippen LogP contribution in [0.5, 0.6) is 0 Å². The van der Waals surface area contributed by atoms with Gasteiger partial charge in [-0.3, -0.25) is 4.79 Å². The molecule has 1 amide bonds. The van der Waals surface area contributed by atoms with Gasteiger partial charge in [0.05, 0.1) is 0 Å². The summed E-state index contributed by atoms with van der Waals surface area (Å²) in [7, 11) is 0. The van der Waals surface area contributed by atoms with E-state index in [1.165, 1.54) is 25.7 Å². The predicted molar refractivity (Wildman–Crippen MR) is 72.0 cm³/mol. The smallest absolute Gasteiger partial charge is 0.220 e. The van der Waals surface area contributed by atoms with E-state index in [9.17, 15) is 4.79 Å². The minimum Gasteiger partial charge on any atom is -0.352 e. The van der Waals surface area contributed by atoms with Crippen LogP contribution in [0.1, 0.15) is 58.8 Å². The zero-order valence-corrected chi connectivity index (χ0v) is 11.4. The first-order chi connectivity index (χ1) is 8.22. The van der Waals surface area contributed by atoms with E-state index in [-0.39, 0.29) is 5.91 Å². The topological polar surface area (TPSA) is 41.1 Å². The lowest BCUT2D eigenvalue weighted by molar-refractivity contribution is -0.122. The van der Waals surface area contributed by atoms with Gasteiger partial charge in [0.2, 0.25) is 5.91 Å². The Balaban J connectivity index is 2.04. The van der Waals surface area contributed by atoms with Crippen LogP contribution in [0.2, 0.25) is 0 Å². The van der Waals surface area contributed by atoms with Crippen molar-refractivity contribution in [2.45, 2.75) is 64.8 Å². The number of hydrogen-bond acceptors (Lipinski definition) is 2. The molecule has 0 spiro atoms. The molecule has 0 radical (unpaired) electrons. The summed E-state index contributed by atoms with van der Waals surface area (Å²) in [6.45, 7) is 6.47. The molecule has 3 nitrogen and oxygen atoms in total. The molecular formula is C14H28N2O. The van der Waals surface area contributed by atoms with E-state index in [0.29, 0.717) is 18.4 Å². The maximum atomic E-state index is 11.7. The highest BCUT2D eigenvalue weighted by atomic mass is 16.1. The number of carbonyl (C=O) groups excluding carboxylic acids is 1. The first-order valence-corrected chi connectivity index (χ1v) is 7.22. The number of carbonyl (C=O) groups is 1. The van der Waals surface area contributed by atoms with Gasteiger partial charge < -0.3 is 10.6 Å². The van der Waals surface area contributed by atoms with Gasteiger partial charge in [0.25, 0.3) is 0 Å². The summed E-state index contributed by atoms with van der Waals surface area (Å²) in [6.07, 6.45) is 7.89. The van der Waals surface area contributed by atoms with Crippen molar-refractivity contribution in [1.29, 1.82) is 0 Å². The fraction of sp³-hybridized carbons (Fsp3) is 0.929. The van der Waals surface area contributed by atoms with Gasteiger partial charge in [-0.15, -0.1) is 0 Å². The van der Waals surface area contributed by atoms with E-state index >= 15 is 0 Å². The second-order valence-electron chi connectivity index (χ2n) is 5.43. The number of piperidine rings is 1. The van der Waals surface area contributed by atoms with Crippen molar-refractivity contribution in [1.82, 2.24) is 10.6 Å². The molecule has 0 aromatic carbocycles. The minimum atomic E-state index is 0.238. The van der Waals surface area contributed by atoms with E-state index in [0.717, 1.165) is 25.9 Å². The van der Waals surface area contributed by atoms with Crippen LogP contribution in [0.4, 0.5) is 0 Å². The third-order valence-corrected chi connectivity index (χ3v) is 3.44. The average molecular weight is 240 g/mol. The van der Waals surface area contributed by atoms with Crippen LogP contribution in [0.25, 0.3) is 0 Å². The molecule has 2 N–H and O–H groups in total. The van der Waals surface area contributed by atoms with Crippen LogP contribution in [0.3, 0.4) is 0 Å². The van der Waals surface area contributed by atoms with Gasteiger partial charge >= 0.3 is 0 Å². The molecule has 1 heterocycles. The first-order valence-electron chi connectivity index (χ1n) is 7.22. The molecule has 0 bridgehead atoms. The summed E-state index contributed by atoms with van der Waals surface area (Å²) in [4.78, 5) is 11.7. The SMILES string of the molecule is CCCCCCCC(=O)NC1CNCC(C)C1. The van der Waals surface area contributed by atoms with Crippen LogP contribution >= 0.6 is 0 Å². The normalized spacial score (nSPS) is 24.6. The van der Waals surface area contributed by atoms with Gasteiger partial charge in [0, 0.05) is 19.0 Å². The summed E-state index contributed by atoms with van der Waals surface area (Å²) in [5, 5.41) is 6.50. The second kappa shape index (κ2) is 8.51. The maximum absolute atomic E-state index is 11.7. The van der Waals surface area contributed by atoms with Gasteiger partial charge in [0.15, 0.2) is 0 Å². The summed E-state index contributed by atoms with van der Waals surface area (Å²) < 4.78 is 0. The van der Waals surface area contributed by atoms with Crippen molar-refractivity contribution in [2.24, 2.45) is 5.92 Å². The van der Waals surface area contributed by atoms with Gasteiger partial charge in [0.1, 0.15) is 0 Å². The molecule has 2 atom stereocenters. The Morgan fingerprint density at radius 2 is 2.00 bits per heavy atom. The van der Waals surface area contributed by atoms with Gasteiger partial charge in [-0.2, -0.15) is 0 Å². The van der Waals surface area contributed by atoms with Crippen LogP contribution in [-0.4, -0.2) is 25.0 Å². The van der Waals surface area contributed by atoms with E-state index in [4.69, 9.17) is 0 Å². The fourth-order valence-corrected chi connectivity index (χ4v) is 2.46. The molecule has 1 aliphatic heterocycles. The predicted octanol–water partition coefficient (Wildman–Crippen LogP) is 2.46. The lowest BCUT2D eigenvalue weighted by atomic mass is 9.97. The Labute approximate surface area is 106 Å². The van der Waals surface area contributed by atoms with Crippen molar-refractivity contribution in [2.75, 3.05) is 13.1 Å². The van der Waals surface area contributed by atoms with Gasteiger partial charge in [-0.1, -0.05) is 39.5 Å². The standard InChI is InChI=1S/C14H28N2O/c1-3-4-5-6-7-8-14(17)16-13-9-12(2)10-15-11-13/h12-13,15H,3-11H2,1-2H3,(H,16,17). The van der Waals surface area contributed by atoms with Crippen LogP contribution in [0, 0.1) is 5.92 Å². The second-order valence-corrected chi connectivity index (χ2v) is 5.43. The minimum absolute atomic E-state index is 0.238. The largest absolute Gasteiger partial charge is 0.352 e. The number of amides is 1. The van der Waals surface area contributed by atoms with Gasteiger partial charge in [-0.25, -0.2) is 0 Å². The highest BCUT2D eigenvalue weighted by Crippen LogP contribution is 2.10. The fourth-order valence-electron chi connectivity index (χ4n) is 2.46. The van der Waals surface area contributed by atoms with Crippen LogP contribution in [0.15, 0.2) is 0 Å². The summed E-state index contributed by atoms with van der Waals surface area (Å²) >= 11 is 0. The zero-order valence-electron chi connectivity index (χ0n) is 11.4. The molecule has 0 aromatic heterocycles. The molecule has 3 heteroatoms. The van der Waals surface area contributed by atoms with Gasteiger partial charge in [-0.05, 0) is 25.3 Å². The molecule has 17 heavy (non-hydrogen) atoms. The lowest BCUT2D eigenvalue weighted by Crippen LogP contribution is -2.48. The van der Waals surface area contributed by atoms with Crippen molar-refractivity contribution >= 4 is 5.91 Å². The molecule has 1 saturated heterocycles. The van der Waals surface area contributed by atoms with Crippen molar-refractivity contribution in [3.05, 3.63) is 0 Å². The average Bonchev–Trinajstić information content (AvgIpc) is 2.29. The van der Waals surface area contributed by atoms with E-state index in [1.807, 2.05) is 0 Å². The summed E-state index contributed by atoms with van der Waals surface area (Å²) in [6, 6.07) is 0.349. The Bertz CT molecular complexity index is 218. The van der Waals surface area contributed by atoms with Crippen molar-refractivity contribution in [3.63, 3.8) is 0 Å². The monoisotopic (exact) mass is 240 g/mol. The number of hydrogen-bond donors (Lipinski definition) is 2. The van der Waals surface area contributed by atoms with Crippen LogP contribution < -0.4 is 10.6 Å². The highest BCUT2D eigenvalue weighted by molar-refractivity contribution is 5.76. The molecule has 1 aliphatic rings. The summed E-state index contributed by atoms with van der Waals surface area (Å²) in [5.41, 5.74) is 0. The number of nitrogens with one attached hydrogen (secondary N) is 2. The Hall–Kier alpha value is -0.570. The Kier molecular flexibility index (Phi) is 7.25. The maximum Gasteiger partial charge on any atom is 0.220 e. The van der Waals surface area contributed by atoms with E-state index < -0.39 is 0 Å². The van der Waals surface area contributed by atoms with Crippen LogP contribution in [-0.2, 0) is 4.79 Å². The molecule has 1 fully saturated rings. The highest BCUT2D eigenvalue weighted by Gasteiger charge is 2.19. The third kappa shape index (κ3) is 6.67. The van der Waals surface area contributed by atoms with Crippen molar-refractivity contribution in [3.8, 4) is 0 Å². The molecule has 0 aromatic rings. The number of rotatable bonds is 7. The first kappa shape index (κ1) is 14.5. The molecule has 2 unspecified atom stereocenters. The molecule has 1 rings (SSSR count). The van der Waals surface area contributed by atoms with E-state index in [2.05, 4.69) is 24.5 Å². The Morgan fingerprint density at radius 1 is 1.24 bits per heavy atom. The molecular weight excluding hydrogens is 212 g/mol. The van der Waals surface area contributed by atoms with Crippen molar-refractivity contribution < 1.29 is 4.79 Å². The zero-order chi connectivity index (χ0) is 12.5. The number of unbranched alkanes of at least 4 members (excludes halogenated alkanes) is 4. The molecule has 0 aliphatic carbocycles. The lowest BCUT2D eigenvalue weighted by Gasteiger charge is -2.28. The Morgan fingerprint density at radius 3 is 2.71 bits per heavy atom. The van der Waals surface area contributed by atoms with E-state index in [1.54, 1.807) is 0 Å².